The Kier molecular flexibility index (Phi) is 5.46. The molecule has 0 saturated heterocycles. The molecule has 0 spiro atoms. The number of aryl methyl sites for hydroxylation is 1. The minimum atomic E-state index is -0.152. The van der Waals surface area contributed by atoms with E-state index in [1.165, 1.54) is 4.90 Å². The van der Waals surface area contributed by atoms with Crippen molar-refractivity contribution in [2.75, 3.05) is 32.8 Å². The number of anilines is 1. The molecule has 1 amide bonds. The van der Waals surface area contributed by atoms with Crippen LogP contribution >= 0.6 is 0 Å². The SMILES string of the molecule is COc1ccc(N(C)C(=O)COc2ccccc2C)cc1OC. The molecular weight excluding hydrogens is 294 g/mol. The van der Waals surface area contributed by atoms with Gasteiger partial charge in [0.15, 0.2) is 18.1 Å². The number of amides is 1. The van der Waals surface area contributed by atoms with Gasteiger partial charge in [0.05, 0.1) is 14.2 Å². The zero-order valence-electron chi connectivity index (χ0n) is 13.8. The lowest BCUT2D eigenvalue weighted by molar-refractivity contribution is -0.120. The van der Waals surface area contributed by atoms with Crippen molar-refractivity contribution in [3.8, 4) is 17.2 Å². The number of hydrogen-bond donors (Lipinski definition) is 0. The fourth-order valence-corrected chi connectivity index (χ4v) is 2.13. The molecule has 2 aromatic rings. The first-order chi connectivity index (χ1) is 11.1. The smallest absolute Gasteiger partial charge is 0.264 e. The van der Waals surface area contributed by atoms with E-state index in [1.807, 2.05) is 31.2 Å². The molecule has 0 N–H and O–H groups in total. The third kappa shape index (κ3) is 3.94. The third-order valence-corrected chi connectivity index (χ3v) is 3.57. The highest BCUT2D eigenvalue weighted by Crippen LogP contribution is 2.31. The van der Waals surface area contributed by atoms with E-state index < -0.39 is 0 Å². The largest absolute Gasteiger partial charge is 0.493 e. The molecule has 0 radical (unpaired) electrons. The highest BCUT2D eigenvalue weighted by molar-refractivity contribution is 5.94. The Hall–Kier alpha value is -2.69. The lowest BCUT2D eigenvalue weighted by Gasteiger charge is -2.19. The second kappa shape index (κ2) is 7.54. The van der Waals surface area contributed by atoms with Crippen molar-refractivity contribution in [2.24, 2.45) is 0 Å². The van der Waals surface area contributed by atoms with Crippen molar-refractivity contribution < 1.29 is 19.0 Å². The molecular formula is C18H21NO4. The number of methoxy groups -OCH3 is 2. The Morgan fingerprint density at radius 3 is 2.35 bits per heavy atom. The molecule has 0 unspecified atom stereocenters. The van der Waals surface area contributed by atoms with Gasteiger partial charge in [0, 0.05) is 18.8 Å². The van der Waals surface area contributed by atoms with Gasteiger partial charge in [-0.1, -0.05) is 18.2 Å². The number of benzene rings is 2. The Balaban J connectivity index is 2.06. The molecule has 0 atom stereocenters. The molecule has 0 aliphatic rings. The van der Waals surface area contributed by atoms with Gasteiger partial charge in [-0.25, -0.2) is 0 Å². The van der Waals surface area contributed by atoms with Crippen LogP contribution in [-0.4, -0.2) is 33.8 Å². The van der Waals surface area contributed by atoms with Gasteiger partial charge in [0.1, 0.15) is 5.75 Å². The molecule has 0 aromatic heterocycles. The van der Waals surface area contributed by atoms with Crippen molar-refractivity contribution in [3.63, 3.8) is 0 Å². The van der Waals surface area contributed by atoms with Crippen LogP contribution in [0.25, 0.3) is 0 Å². The number of likely N-dealkylation sites (N-methyl/N-ethyl adjacent to an activating group) is 1. The van der Waals surface area contributed by atoms with Crippen LogP contribution in [0.4, 0.5) is 5.69 Å². The predicted molar refractivity (Wildman–Crippen MR) is 89.6 cm³/mol. The zero-order chi connectivity index (χ0) is 16.8. The number of nitrogens with zero attached hydrogens (tertiary/aromatic N) is 1. The summed E-state index contributed by atoms with van der Waals surface area (Å²) in [6.07, 6.45) is 0. The summed E-state index contributed by atoms with van der Waals surface area (Å²) < 4.78 is 16.0. The minimum Gasteiger partial charge on any atom is -0.493 e. The molecule has 122 valence electrons. The van der Waals surface area contributed by atoms with E-state index in [9.17, 15) is 4.79 Å². The van der Waals surface area contributed by atoms with Crippen LogP contribution in [0.2, 0.25) is 0 Å². The maximum absolute atomic E-state index is 12.3. The Morgan fingerprint density at radius 2 is 1.70 bits per heavy atom. The quantitative estimate of drug-likeness (QED) is 0.822. The van der Waals surface area contributed by atoms with Gasteiger partial charge in [-0.05, 0) is 30.7 Å². The molecule has 0 bridgehead atoms. The number of carbonyl (C=O) groups excluding carboxylic acids is 1. The predicted octanol–water partition coefficient (Wildman–Crippen LogP) is 3.05. The van der Waals surface area contributed by atoms with Crippen LogP contribution in [-0.2, 0) is 4.79 Å². The first-order valence-corrected chi connectivity index (χ1v) is 7.24. The van der Waals surface area contributed by atoms with E-state index in [0.29, 0.717) is 22.9 Å². The second-order valence-corrected chi connectivity index (χ2v) is 5.05. The standard InChI is InChI=1S/C18H21NO4/c1-13-7-5-6-8-15(13)23-12-18(20)19(2)14-9-10-16(21-3)17(11-14)22-4/h5-11H,12H2,1-4H3. The normalized spacial score (nSPS) is 10.1. The van der Waals surface area contributed by atoms with E-state index in [2.05, 4.69) is 0 Å². The summed E-state index contributed by atoms with van der Waals surface area (Å²) in [5, 5.41) is 0. The molecule has 5 heteroatoms. The number of carbonyl (C=O) groups is 1. The molecule has 2 aromatic carbocycles. The topological polar surface area (TPSA) is 48.0 Å². The molecule has 0 aliphatic carbocycles. The maximum atomic E-state index is 12.3. The molecule has 5 nitrogen and oxygen atoms in total. The summed E-state index contributed by atoms with van der Waals surface area (Å²) in [4.78, 5) is 13.8. The fourth-order valence-electron chi connectivity index (χ4n) is 2.13. The Morgan fingerprint density at radius 1 is 1.00 bits per heavy atom. The summed E-state index contributed by atoms with van der Waals surface area (Å²) in [7, 11) is 4.83. The van der Waals surface area contributed by atoms with Gasteiger partial charge in [-0.3, -0.25) is 4.79 Å². The maximum Gasteiger partial charge on any atom is 0.264 e. The third-order valence-electron chi connectivity index (χ3n) is 3.57. The summed E-state index contributed by atoms with van der Waals surface area (Å²) >= 11 is 0. The van der Waals surface area contributed by atoms with Crippen LogP contribution in [0, 0.1) is 6.92 Å². The average Bonchev–Trinajstić information content (AvgIpc) is 2.59. The lowest BCUT2D eigenvalue weighted by atomic mass is 10.2. The monoisotopic (exact) mass is 315 g/mol. The highest BCUT2D eigenvalue weighted by atomic mass is 16.5. The minimum absolute atomic E-state index is 0.0320. The summed E-state index contributed by atoms with van der Waals surface area (Å²) in [6, 6.07) is 12.9. The number of rotatable bonds is 6. The van der Waals surface area contributed by atoms with Gasteiger partial charge in [0.25, 0.3) is 5.91 Å². The fraction of sp³-hybridized carbons (Fsp3) is 0.278. The first-order valence-electron chi connectivity index (χ1n) is 7.24. The molecule has 23 heavy (non-hydrogen) atoms. The molecule has 0 aliphatic heterocycles. The van der Waals surface area contributed by atoms with Crippen LogP contribution in [0.3, 0.4) is 0 Å². The average molecular weight is 315 g/mol. The lowest BCUT2D eigenvalue weighted by Crippen LogP contribution is -2.31. The van der Waals surface area contributed by atoms with Crippen molar-refractivity contribution in [2.45, 2.75) is 6.92 Å². The van der Waals surface area contributed by atoms with Gasteiger partial charge in [-0.2, -0.15) is 0 Å². The first kappa shape index (κ1) is 16.7. The number of hydrogen-bond acceptors (Lipinski definition) is 4. The number of para-hydroxylation sites is 1. The summed E-state index contributed by atoms with van der Waals surface area (Å²) in [5.41, 5.74) is 1.70. The Labute approximate surface area is 136 Å². The van der Waals surface area contributed by atoms with Crippen LogP contribution in [0.5, 0.6) is 17.2 Å². The van der Waals surface area contributed by atoms with Crippen molar-refractivity contribution in [1.29, 1.82) is 0 Å². The molecule has 0 fully saturated rings. The van der Waals surface area contributed by atoms with E-state index >= 15 is 0 Å². The van der Waals surface area contributed by atoms with Gasteiger partial charge >= 0.3 is 0 Å². The van der Waals surface area contributed by atoms with Crippen LogP contribution in [0.15, 0.2) is 42.5 Å². The van der Waals surface area contributed by atoms with Gasteiger partial charge in [0.2, 0.25) is 0 Å². The second-order valence-electron chi connectivity index (χ2n) is 5.05. The number of ether oxygens (including phenoxy) is 3. The van der Waals surface area contributed by atoms with Crippen LogP contribution < -0.4 is 19.1 Å². The molecule has 2 rings (SSSR count). The highest BCUT2D eigenvalue weighted by Gasteiger charge is 2.14. The van der Waals surface area contributed by atoms with E-state index in [-0.39, 0.29) is 12.5 Å². The summed E-state index contributed by atoms with van der Waals surface area (Å²) in [5.74, 6) is 1.75. The van der Waals surface area contributed by atoms with Gasteiger partial charge in [-0.15, -0.1) is 0 Å². The van der Waals surface area contributed by atoms with Crippen LogP contribution in [0.1, 0.15) is 5.56 Å². The van der Waals surface area contributed by atoms with Gasteiger partial charge < -0.3 is 19.1 Å². The zero-order valence-corrected chi connectivity index (χ0v) is 13.8. The molecule has 0 saturated carbocycles. The van der Waals surface area contributed by atoms with E-state index in [1.54, 1.807) is 39.5 Å². The van der Waals surface area contributed by atoms with E-state index in [0.717, 1.165) is 5.56 Å². The Bertz CT molecular complexity index is 684. The van der Waals surface area contributed by atoms with E-state index in [4.69, 9.17) is 14.2 Å². The van der Waals surface area contributed by atoms with Crippen molar-refractivity contribution >= 4 is 11.6 Å². The van der Waals surface area contributed by atoms with Crippen molar-refractivity contribution in [3.05, 3.63) is 48.0 Å². The summed E-state index contributed by atoms with van der Waals surface area (Å²) in [6.45, 7) is 1.91. The molecule has 0 heterocycles. The van der Waals surface area contributed by atoms with Crippen molar-refractivity contribution in [1.82, 2.24) is 0 Å².